The Hall–Kier alpha value is -2.81. The quantitative estimate of drug-likeness (QED) is 0.793. The normalized spacial score (nSPS) is 10.1. The maximum absolute atomic E-state index is 11.7. The molecular formula is C17H20N4O2. The van der Waals surface area contributed by atoms with Gasteiger partial charge in [-0.05, 0) is 50.6 Å². The number of amides is 1. The zero-order chi connectivity index (χ0) is 16.7. The first-order valence-corrected chi connectivity index (χ1v) is 7.49. The van der Waals surface area contributed by atoms with Crippen molar-refractivity contribution in [1.29, 1.82) is 5.26 Å². The molecular weight excluding hydrogens is 292 g/mol. The smallest absolute Gasteiger partial charge is 0.257 e. The lowest BCUT2D eigenvalue weighted by Crippen LogP contribution is -2.30. The molecule has 2 rings (SSSR count). The average molecular weight is 312 g/mol. The number of carbonyl (C=O) groups excluding carboxylic acids is 1. The number of aryl methyl sites for hydroxylation is 3. The van der Waals surface area contributed by atoms with Crippen LogP contribution in [0.3, 0.4) is 0 Å². The minimum Gasteiger partial charge on any atom is -0.484 e. The van der Waals surface area contributed by atoms with Crippen LogP contribution in [0.15, 0.2) is 30.3 Å². The molecule has 1 heterocycles. The molecule has 1 amide bonds. The fourth-order valence-electron chi connectivity index (χ4n) is 2.18. The van der Waals surface area contributed by atoms with Gasteiger partial charge in [0.2, 0.25) is 0 Å². The second kappa shape index (κ2) is 7.99. The maximum atomic E-state index is 11.7. The van der Waals surface area contributed by atoms with E-state index >= 15 is 0 Å². The zero-order valence-corrected chi connectivity index (χ0v) is 13.4. The van der Waals surface area contributed by atoms with Crippen molar-refractivity contribution in [3.63, 3.8) is 0 Å². The van der Waals surface area contributed by atoms with Gasteiger partial charge in [-0.2, -0.15) is 10.4 Å². The lowest BCUT2D eigenvalue weighted by atomic mass is 10.2. The number of hydrogen-bond acceptors (Lipinski definition) is 4. The number of rotatable bonds is 7. The topological polar surface area (TPSA) is 79.9 Å². The van der Waals surface area contributed by atoms with Gasteiger partial charge in [0, 0.05) is 18.8 Å². The summed E-state index contributed by atoms with van der Waals surface area (Å²) in [6.45, 7) is 5.30. The lowest BCUT2D eigenvalue weighted by Gasteiger charge is -2.08. The summed E-state index contributed by atoms with van der Waals surface area (Å²) in [5, 5.41) is 15.9. The molecule has 0 aliphatic carbocycles. The molecule has 0 aliphatic heterocycles. The van der Waals surface area contributed by atoms with Crippen molar-refractivity contribution >= 4 is 5.91 Å². The molecule has 120 valence electrons. The Bertz CT molecular complexity index is 698. The van der Waals surface area contributed by atoms with E-state index in [-0.39, 0.29) is 12.5 Å². The highest BCUT2D eigenvalue weighted by molar-refractivity contribution is 5.77. The molecule has 0 spiro atoms. The Morgan fingerprint density at radius 2 is 2.09 bits per heavy atom. The van der Waals surface area contributed by atoms with E-state index in [1.54, 1.807) is 24.3 Å². The van der Waals surface area contributed by atoms with E-state index in [4.69, 9.17) is 10.00 Å². The number of carbonyl (C=O) groups is 1. The molecule has 0 radical (unpaired) electrons. The van der Waals surface area contributed by atoms with Crippen LogP contribution in [0, 0.1) is 25.2 Å². The Balaban J connectivity index is 1.65. The van der Waals surface area contributed by atoms with Crippen molar-refractivity contribution in [2.24, 2.45) is 0 Å². The third-order valence-corrected chi connectivity index (χ3v) is 3.33. The molecule has 6 heteroatoms. The van der Waals surface area contributed by atoms with Crippen molar-refractivity contribution < 1.29 is 9.53 Å². The Morgan fingerprint density at radius 3 is 2.70 bits per heavy atom. The van der Waals surface area contributed by atoms with Gasteiger partial charge >= 0.3 is 0 Å². The fourth-order valence-corrected chi connectivity index (χ4v) is 2.18. The molecule has 0 saturated heterocycles. The summed E-state index contributed by atoms with van der Waals surface area (Å²) < 4.78 is 7.31. The molecule has 0 aliphatic rings. The average Bonchev–Trinajstić information content (AvgIpc) is 2.87. The van der Waals surface area contributed by atoms with Gasteiger partial charge in [0.05, 0.1) is 17.3 Å². The van der Waals surface area contributed by atoms with Crippen LogP contribution in [0.5, 0.6) is 5.75 Å². The van der Waals surface area contributed by atoms with Crippen molar-refractivity contribution in [2.45, 2.75) is 26.8 Å². The maximum Gasteiger partial charge on any atom is 0.257 e. The monoisotopic (exact) mass is 312 g/mol. The van der Waals surface area contributed by atoms with E-state index in [1.807, 2.05) is 30.7 Å². The van der Waals surface area contributed by atoms with Crippen molar-refractivity contribution in [1.82, 2.24) is 15.1 Å². The van der Waals surface area contributed by atoms with Gasteiger partial charge in [-0.1, -0.05) is 0 Å². The summed E-state index contributed by atoms with van der Waals surface area (Å²) in [7, 11) is 0. The van der Waals surface area contributed by atoms with Gasteiger partial charge in [-0.15, -0.1) is 0 Å². The Labute approximate surface area is 135 Å². The van der Waals surface area contributed by atoms with Crippen molar-refractivity contribution in [3.05, 3.63) is 47.3 Å². The van der Waals surface area contributed by atoms with E-state index in [1.165, 1.54) is 0 Å². The highest BCUT2D eigenvalue weighted by atomic mass is 16.5. The molecule has 1 aromatic heterocycles. The molecule has 23 heavy (non-hydrogen) atoms. The number of aromatic nitrogens is 2. The van der Waals surface area contributed by atoms with Gasteiger partial charge in [0.15, 0.2) is 6.61 Å². The van der Waals surface area contributed by atoms with E-state index in [0.29, 0.717) is 17.9 Å². The summed E-state index contributed by atoms with van der Waals surface area (Å²) in [5.41, 5.74) is 2.69. The minimum absolute atomic E-state index is 0.0359. The van der Waals surface area contributed by atoms with Gasteiger partial charge < -0.3 is 10.1 Å². The SMILES string of the molecule is Cc1cc(C)n(CCCNC(=O)COc2ccc(C#N)cc2)n1. The number of benzene rings is 1. The van der Waals surface area contributed by atoms with E-state index in [9.17, 15) is 4.79 Å². The minimum atomic E-state index is -0.164. The second-order valence-corrected chi connectivity index (χ2v) is 5.28. The van der Waals surface area contributed by atoms with Crippen molar-refractivity contribution in [2.75, 3.05) is 13.2 Å². The molecule has 1 N–H and O–H groups in total. The van der Waals surface area contributed by atoms with Crippen molar-refractivity contribution in [3.8, 4) is 11.8 Å². The first-order chi connectivity index (χ1) is 11.1. The summed E-state index contributed by atoms with van der Waals surface area (Å²) >= 11 is 0. The van der Waals surface area contributed by atoms with Crippen LogP contribution in [0.2, 0.25) is 0 Å². The molecule has 0 fully saturated rings. The predicted octanol–water partition coefficient (Wildman–Crippen LogP) is 1.96. The predicted molar refractivity (Wildman–Crippen MR) is 86.0 cm³/mol. The number of ether oxygens (including phenoxy) is 1. The third-order valence-electron chi connectivity index (χ3n) is 3.33. The molecule has 6 nitrogen and oxygen atoms in total. The Kier molecular flexibility index (Phi) is 5.75. The van der Waals surface area contributed by atoms with Crippen LogP contribution in [-0.2, 0) is 11.3 Å². The van der Waals surface area contributed by atoms with Crippen LogP contribution in [0.1, 0.15) is 23.4 Å². The Morgan fingerprint density at radius 1 is 1.35 bits per heavy atom. The first-order valence-electron chi connectivity index (χ1n) is 7.49. The summed E-state index contributed by atoms with van der Waals surface area (Å²) in [6, 6.07) is 10.7. The number of nitriles is 1. The zero-order valence-electron chi connectivity index (χ0n) is 13.4. The standard InChI is InChI=1S/C17H20N4O2/c1-13-10-14(2)21(20-13)9-3-8-19-17(22)12-23-16-6-4-15(11-18)5-7-16/h4-7,10H,3,8-9,12H2,1-2H3,(H,19,22). The fraction of sp³-hybridized carbons (Fsp3) is 0.353. The second-order valence-electron chi connectivity index (χ2n) is 5.28. The number of nitrogens with zero attached hydrogens (tertiary/aromatic N) is 3. The van der Waals surface area contributed by atoms with Gasteiger partial charge in [0.1, 0.15) is 5.75 Å². The number of hydrogen-bond donors (Lipinski definition) is 1. The van der Waals surface area contributed by atoms with E-state index < -0.39 is 0 Å². The van der Waals surface area contributed by atoms with Gasteiger partial charge in [-0.3, -0.25) is 9.48 Å². The van der Waals surface area contributed by atoms with E-state index in [2.05, 4.69) is 10.4 Å². The highest BCUT2D eigenvalue weighted by Gasteiger charge is 2.04. The van der Waals surface area contributed by atoms with Crippen LogP contribution in [-0.4, -0.2) is 28.8 Å². The number of nitrogens with one attached hydrogen (secondary N) is 1. The summed E-state index contributed by atoms with van der Waals surface area (Å²) in [6.07, 6.45) is 0.810. The van der Waals surface area contributed by atoms with Crippen LogP contribution >= 0.6 is 0 Å². The molecule has 1 aromatic carbocycles. The molecule has 0 bridgehead atoms. The third kappa shape index (κ3) is 5.15. The lowest BCUT2D eigenvalue weighted by molar-refractivity contribution is -0.123. The first kappa shape index (κ1) is 16.6. The highest BCUT2D eigenvalue weighted by Crippen LogP contribution is 2.11. The molecule has 0 saturated carbocycles. The largest absolute Gasteiger partial charge is 0.484 e. The van der Waals surface area contributed by atoms with Gasteiger partial charge in [0.25, 0.3) is 5.91 Å². The van der Waals surface area contributed by atoms with Crippen LogP contribution in [0.4, 0.5) is 0 Å². The van der Waals surface area contributed by atoms with E-state index in [0.717, 1.165) is 24.4 Å². The molecule has 0 atom stereocenters. The van der Waals surface area contributed by atoms with Crippen LogP contribution < -0.4 is 10.1 Å². The molecule has 0 unspecified atom stereocenters. The van der Waals surface area contributed by atoms with Crippen LogP contribution in [0.25, 0.3) is 0 Å². The van der Waals surface area contributed by atoms with Gasteiger partial charge in [-0.25, -0.2) is 0 Å². The summed E-state index contributed by atoms with van der Waals surface area (Å²) in [4.78, 5) is 11.7. The summed E-state index contributed by atoms with van der Waals surface area (Å²) in [5.74, 6) is 0.407. The molecule has 2 aromatic rings.